The highest BCUT2D eigenvalue weighted by molar-refractivity contribution is 14.1. The molecular formula is C12H14BrIN2O. The number of benzene rings is 1. The Kier molecular flexibility index (Phi) is 4.43. The lowest BCUT2D eigenvalue weighted by molar-refractivity contribution is 0.0949. The minimum absolute atomic E-state index is 0.0493. The molecule has 3 nitrogen and oxygen atoms in total. The lowest BCUT2D eigenvalue weighted by Gasteiger charge is -2.12. The Morgan fingerprint density at radius 1 is 1.59 bits per heavy atom. The van der Waals surface area contributed by atoms with Gasteiger partial charge in [-0.3, -0.25) is 4.79 Å². The van der Waals surface area contributed by atoms with Crippen molar-refractivity contribution in [2.24, 2.45) is 11.7 Å². The van der Waals surface area contributed by atoms with E-state index in [0.717, 1.165) is 8.04 Å². The SMILES string of the molecule is NC(CNC(=O)c1cc(Br)ccc1I)C1CC1. The summed E-state index contributed by atoms with van der Waals surface area (Å²) in [6, 6.07) is 5.78. The van der Waals surface area contributed by atoms with E-state index in [1.807, 2.05) is 18.2 Å². The Hall–Kier alpha value is -0.140. The molecule has 0 aliphatic heterocycles. The molecule has 1 aliphatic carbocycles. The molecule has 5 heteroatoms. The van der Waals surface area contributed by atoms with Gasteiger partial charge in [0.05, 0.1) is 5.56 Å². The molecule has 0 heterocycles. The van der Waals surface area contributed by atoms with E-state index < -0.39 is 0 Å². The molecule has 0 spiro atoms. The minimum Gasteiger partial charge on any atom is -0.350 e. The number of nitrogens with two attached hydrogens (primary N) is 1. The fourth-order valence-corrected chi connectivity index (χ4v) is 2.61. The largest absolute Gasteiger partial charge is 0.350 e. The summed E-state index contributed by atoms with van der Waals surface area (Å²) < 4.78 is 1.86. The van der Waals surface area contributed by atoms with Crippen LogP contribution in [0.4, 0.5) is 0 Å². The van der Waals surface area contributed by atoms with E-state index in [2.05, 4.69) is 43.8 Å². The third-order valence-corrected chi connectivity index (χ3v) is 4.33. The van der Waals surface area contributed by atoms with Gasteiger partial charge in [0.1, 0.15) is 0 Å². The highest BCUT2D eigenvalue weighted by Crippen LogP contribution is 2.31. The summed E-state index contributed by atoms with van der Waals surface area (Å²) in [5, 5.41) is 2.90. The first kappa shape index (κ1) is 13.3. The monoisotopic (exact) mass is 408 g/mol. The molecule has 1 aromatic carbocycles. The van der Waals surface area contributed by atoms with Gasteiger partial charge in [0.15, 0.2) is 0 Å². The van der Waals surface area contributed by atoms with E-state index in [0.29, 0.717) is 18.0 Å². The van der Waals surface area contributed by atoms with Gasteiger partial charge in [0.2, 0.25) is 0 Å². The molecule has 1 unspecified atom stereocenters. The fourth-order valence-electron chi connectivity index (χ4n) is 1.67. The predicted octanol–water partition coefficient (Wildman–Crippen LogP) is 2.52. The molecular weight excluding hydrogens is 395 g/mol. The average molecular weight is 409 g/mol. The van der Waals surface area contributed by atoms with Crippen LogP contribution in [0.15, 0.2) is 22.7 Å². The molecule has 1 fully saturated rings. The Morgan fingerprint density at radius 3 is 2.94 bits per heavy atom. The highest BCUT2D eigenvalue weighted by Gasteiger charge is 2.28. The standard InChI is InChI=1S/C12H14BrIN2O/c13-8-3-4-10(14)9(5-8)12(17)16-6-11(15)7-1-2-7/h3-5,7,11H,1-2,6,15H2,(H,16,17). The van der Waals surface area contributed by atoms with Crippen LogP contribution in [-0.2, 0) is 0 Å². The summed E-state index contributed by atoms with van der Waals surface area (Å²) in [6.45, 7) is 0.562. The Morgan fingerprint density at radius 2 is 2.29 bits per heavy atom. The molecule has 3 N–H and O–H groups in total. The molecule has 1 aliphatic rings. The van der Waals surface area contributed by atoms with Crippen LogP contribution in [0.25, 0.3) is 0 Å². The molecule has 1 saturated carbocycles. The molecule has 1 aromatic rings. The zero-order chi connectivity index (χ0) is 12.4. The summed E-state index contributed by atoms with van der Waals surface area (Å²) in [4.78, 5) is 12.0. The van der Waals surface area contributed by atoms with Crippen molar-refractivity contribution in [2.75, 3.05) is 6.54 Å². The average Bonchev–Trinajstić information content (AvgIpc) is 3.12. The second-order valence-electron chi connectivity index (χ2n) is 4.34. The van der Waals surface area contributed by atoms with Gasteiger partial charge in [-0.15, -0.1) is 0 Å². The van der Waals surface area contributed by atoms with Crippen molar-refractivity contribution < 1.29 is 4.79 Å². The van der Waals surface area contributed by atoms with Crippen molar-refractivity contribution in [3.8, 4) is 0 Å². The van der Waals surface area contributed by atoms with Gasteiger partial charge < -0.3 is 11.1 Å². The first-order valence-corrected chi connectivity index (χ1v) is 7.44. The van der Waals surface area contributed by atoms with Gasteiger partial charge in [-0.05, 0) is 59.5 Å². The van der Waals surface area contributed by atoms with E-state index in [1.54, 1.807) is 0 Å². The molecule has 17 heavy (non-hydrogen) atoms. The number of carbonyl (C=O) groups is 1. The Balaban J connectivity index is 1.96. The van der Waals surface area contributed by atoms with E-state index in [9.17, 15) is 4.79 Å². The number of nitrogens with one attached hydrogen (secondary N) is 1. The van der Waals surface area contributed by atoms with Crippen molar-refractivity contribution in [2.45, 2.75) is 18.9 Å². The van der Waals surface area contributed by atoms with Crippen molar-refractivity contribution in [1.29, 1.82) is 0 Å². The van der Waals surface area contributed by atoms with Crippen LogP contribution in [0, 0.1) is 9.49 Å². The first-order chi connectivity index (χ1) is 8.08. The van der Waals surface area contributed by atoms with Crippen LogP contribution in [-0.4, -0.2) is 18.5 Å². The smallest absolute Gasteiger partial charge is 0.252 e. The molecule has 0 aromatic heterocycles. The molecule has 0 bridgehead atoms. The van der Waals surface area contributed by atoms with Crippen molar-refractivity contribution >= 4 is 44.4 Å². The third-order valence-electron chi connectivity index (χ3n) is 2.90. The van der Waals surface area contributed by atoms with Crippen LogP contribution >= 0.6 is 38.5 Å². The van der Waals surface area contributed by atoms with Crippen molar-refractivity contribution in [1.82, 2.24) is 5.32 Å². The maximum atomic E-state index is 12.0. The first-order valence-electron chi connectivity index (χ1n) is 5.57. The third kappa shape index (κ3) is 3.66. The van der Waals surface area contributed by atoms with Gasteiger partial charge in [-0.2, -0.15) is 0 Å². The van der Waals surface area contributed by atoms with Gasteiger partial charge in [-0.1, -0.05) is 15.9 Å². The number of halogens is 2. The fraction of sp³-hybridized carbons (Fsp3) is 0.417. The Labute approximate surface area is 123 Å². The van der Waals surface area contributed by atoms with Crippen LogP contribution in [0.2, 0.25) is 0 Å². The van der Waals surface area contributed by atoms with E-state index in [-0.39, 0.29) is 11.9 Å². The van der Waals surface area contributed by atoms with Gasteiger partial charge in [0, 0.05) is 20.6 Å². The summed E-state index contributed by atoms with van der Waals surface area (Å²) in [5.41, 5.74) is 6.64. The van der Waals surface area contributed by atoms with Gasteiger partial charge in [-0.25, -0.2) is 0 Å². The predicted molar refractivity (Wildman–Crippen MR) is 79.9 cm³/mol. The van der Waals surface area contributed by atoms with E-state index in [1.165, 1.54) is 12.8 Å². The maximum Gasteiger partial charge on any atom is 0.252 e. The van der Waals surface area contributed by atoms with Crippen LogP contribution in [0.3, 0.4) is 0 Å². The normalized spacial score (nSPS) is 16.6. The van der Waals surface area contributed by atoms with Crippen molar-refractivity contribution in [3.63, 3.8) is 0 Å². The van der Waals surface area contributed by atoms with Crippen LogP contribution in [0.1, 0.15) is 23.2 Å². The number of amides is 1. The zero-order valence-corrected chi connectivity index (χ0v) is 13.0. The molecule has 92 valence electrons. The second-order valence-corrected chi connectivity index (χ2v) is 6.41. The van der Waals surface area contributed by atoms with E-state index in [4.69, 9.17) is 5.73 Å². The summed E-state index contributed by atoms with van der Waals surface area (Å²) in [7, 11) is 0. The lowest BCUT2D eigenvalue weighted by Crippen LogP contribution is -2.38. The molecule has 1 atom stereocenters. The number of carbonyl (C=O) groups excluding carboxylic acids is 1. The van der Waals surface area contributed by atoms with Gasteiger partial charge in [0.25, 0.3) is 5.91 Å². The van der Waals surface area contributed by atoms with Gasteiger partial charge >= 0.3 is 0 Å². The minimum atomic E-state index is -0.0493. The van der Waals surface area contributed by atoms with Crippen LogP contribution in [0.5, 0.6) is 0 Å². The lowest BCUT2D eigenvalue weighted by atomic mass is 10.2. The highest BCUT2D eigenvalue weighted by atomic mass is 127. The zero-order valence-electron chi connectivity index (χ0n) is 9.25. The summed E-state index contributed by atoms with van der Waals surface area (Å²) >= 11 is 5.53. The molecule has 2 rings (SSSR count). The summed E-state index contributed by atoms with van der Waals surface area (Å²) in [6.07, 6.45) is 2.40. The number of rotatable bonds is 4. The quantitative estimate of drug-likeness (QED) is 0.752. The number of hydrogen-bond acceptors (Lipinski definition) is 2. The Bertz CT molecular complexity index is 435. The molecule has 0 saturated heterocycles. The molecule has 1 amide bonds. The number of hydrogen-bond donors (Lipinski definition) is 2. The van der Waals surface area contributed by atoms with Crippen molar-refractivity contribution in [3.05, 3.63) is 31.8 Å². The molecule has 0 radical (unpaired) electrons. The maximum absolute atomic E-state index is 12.0. The van der Waals surface area contributed by atoms with E-state index >= 15 is 0 Å². The topological polar surface area (TPSA) is 55.1 Å². The van der Waals surface area contributed by atoms with Crippen LogP contribution < -0.4 is 11.1 Å². The summed E-state index contributed by atoms with van der Waals surface area (Å²) in [5.74, 6) is 0.559. The second kappa shape index (κ2) is 5.67.